The first kappa shape index (κ1) is 15.4. The fourth-order valence-electron chi connectivity index (χ4n) is 2.05. The standard InChI is InChI=1S/C16H18N2O2S/c1-10-4-5-13(11(2)8-10)6-7-15(20)18-16-17-14(9-21-16)12(3)19/h4-5,8-9H,6-7H2,1-3H3,(H,17,18,20). The fourth-order valence-corrected chi connectivity index (χ4v) is 2.81. The number of hydrogen-bond acceptors (Lipinski definition) is 4. The molecule has 0 aliphatic heterocycles. The molecule has 0 spiro atoms. The van der Waals surface area contributed by atoms with E-state index in [1.165, 1.54) is 35.0 Å². The van der Waals surface area contributed by atoms with E-state index < -0.39 is 0 Å². The minimum absolute atomic E-state index is 0.0839. The third kappa shape index (κ3) is 4.23. The van der Waals surface area contributed by atoms with Crippen molar-refractivity contribution >= 4 is 28.2 Å². The monoisotopic (exact) mass is 302 g/mol. The van der Waals surface area contributed by atoms with Crippen molar-refractivity contribution in [2.24, 2.45) is 0 Å². The second-order valence-corrected chi connectivity index (χ2v) is 5.93. The molecule has 2 aromatic rings. The maximum atomic E-state index is 11.9. The summed E-state index contributed by atoms with van der Waals surface area (Å²) >= 11 is 1.27. The van der Waals surface area contributed by atoms with Gasteiger partial charge in [0.05, 0.1) is 0 Å². The van der Waals surface area contributed by atoms with Crippen LogP contribution in [0.1, 0.15) is 40.5 Å². The number of carbonyl (C=O) groups is 2. The van der Waals surface area contributed by atoms with E-state index >= 15 is 0 Å². The number of benzene rings is 1. The van der Waals surface area contributed by atoms with Crippen LogP contribution in [0.4, 0.5) is 5.13 Å². The molecule has 1 heterocycles. The Morgan fingerprint density at radius 1 is 1.29 bits per heavy atom. The average Bonchev–Trinajstić information content (AvgIpc) is 2.86. The van der Waals surface area contributed by atoms with Crippen LogP contribution >= 0.6 is 11.3 Å². The van der Waals surface area contributed by atoms with E-state index in [4.69, 9.17) is 0 Å². The average molecular weight is 302 g/mol. The van der Waals surface area contributed by atoms with Gasteiger partial charge in [-0.1, -0.05) is 23.8 Å². The molecule has 0 aliphatic carbocycles. The third-order valence-electron chi connectivity index (χ3n) is 3.23. The molecule has 1 aromatic heterocycles. The zero-order valence-electron chi connectivity index (χ0n) is 12.4. The summed E-state index contributed by atoms with van der Waals surface area (Å²) in [6, 6.07) is 6.24. The number of thiazole rings is 1. The highest BCUT2D eigenvalue weighted by molar-refractivity contribution is 7.14. The molecule has 1 aromatic carbocycles. The molecule has 0 fully saturated rings. The largest absolute Gasteiger partial charge is 0.302 e. The molecule has 1 amide bonds. The van der Waals surface area contributed by atoms with E-state index in [0.717, 1.165) is 0 Å². The smallest absolute Gasteiger partial charge is 0.226 e. The van der Waals surface area contributed by atoms with Gasteiger partial charge in [-0.15, -0.1) is 11.3 Å². The molecule has 21 heavy (non-hydrogen) atoms. The molecule has 0 atom stereocenters. The molecule has 0 unspecified atom stereocenters. The van der Waals surface area contributed by atoms with Gasteiger partial charge in [0.25, 0.3) is 0 Å². The van der Waals surface area contributed by atoms with Crippen molar-refractivity contribution in [1.82, 2.24) is 4.98 Å². The Balaban J connectivity index is 1.91. The molecular weight excluding hydrogens is 284 g/mol. The van der Waals surface area contributed by atoms with E-state index in [-0.39, 0.29) is 11.7 Å². The number of hydrogen-bond donors (Lipinski definition) is 1. The maximum absolute atomic E-state index is 11.9. The summed E-state index contributed by atoms with van der Waals surface area (Å²) in [5.41, 5.74) is 4.00. The Kier molecular flexibility index (Phi) is 4.85. The number of nitrogens with zero attached hydrogens (tertiary/aromatic N) is 1. The minimum Gasteiger partial charge on any atom is -0.302 e. The SMILES string of the molecule is CC(=O)c1csc(NC(=O)CCc2ccc(C)cc2C)n1. The second kappa shape index (κ2) is 6.63. The molecule has 0 aliphatic rings. The highest BCUT2D eigenvalue weighted by Crippen LogP contribution is 2.17. The van der Waals surface area contributed by atoms with Crippen LogP contribution in [0.3, 0.4) is 0 Å². The van der Waals surface area contributed by atoms with E-state index in [9.17, 15) is 9.59 Å². The van der Waals surface area contributed by atoms with Crippen molar-refractivity contribution in [3.05, 3.63) is 46.0 Å². The van der Waals surface area contributed by atoms with Crippen molar-refractivity contribution < 1.29 is 9.59 Å². The summed E-state index contributed by atoms with van der Waals surface area (Å²) in [5.74, 6) is -0.179. The number of ketones is 1. The number of nitrogens with one attached hydrogen (secondary N) is 1. The predicted molar refractivity (Wildman–Crippen MR) is 85.0 cm³/mol. The summed E-state index contributed by atoms with van der Waals surface area (Å²) in [6.07, 6.45) is 1.10. The second-order valence-electron chi connectivity index (χ2n) is 5.07. The zero-order chi connectivity index (χ0) is 15.4. The normalized spacial score (nSPS) is 10.4. The summed E-state index contributed by atoms with van der Waals surface area (Å²) < 4.78 is 0. The highest BCUT2D eigenvalue weighted by atomic mass is 32.1. The first-order chi connectivity index (χ1) is 9.95. The van der Waals surface area contributed by atoms with Crippen molar-refractivity contribution in [3.63, 3.8) is 0 Å². The van der Waals surface area contributed by atoms with Crippen LogP contribution in [-0.2, 0) is 11.2 Å². The summed E-state index contributed by atoms with van der Waals surface area (Å²) in [6.45, 7) is 5.57. The van der Waals surface area contributed by atoms with Crippen molar-refractivity contribution in [2.45, 2.75) is 33.6 Å². The van der Waals surface area contributed by atoms with Crippen LogP contribution in [0.2, 0.25) is 0 Å². The number of aromatic nitrogens is 1. The van der Waals surface area contributed by atoms with E-state index in [0.29, 0.717) is 23.7 Å². The molecule has 0 saturated carbocycles. The first-order valence-electron chi connectivity index (χ1n) is 6.78. The van der Waals surface area contributed by atoms with Gasteiger partial charge in [-0.3, -0.25) is 9.59 Å². The zero-order valence-corrected chi connectivity index (χ0v) is 13.2. The van der Waals surface area contributed by atoms with Crippen LogP contribution in [0.5, 0.6) is 0 Å². The quantitative estimate of drug-likeness (QED) is 0.859. The number of amides is 1. The lowest BCUT2D eigenvalue weighted by molar-refractivity contribution is -0.116. The fraction of sp³-hybridized carbons (Fsp3) is 0.312. The Labute approximate surface area is 128 Å². The van der Waals surface area contributed by atoms with E-state index in [1.54, 1.807) is 5.38 Å². The van der Waals surface area contributed by atoms with Crippen LogP contribution in [0, 0.1) is 13.8 Å². The van der Waals surface area contributed by atoms with Gasteiger partial charge in [0.15, 0.2) is 10.9 Å². The lowest BCUT2D eigenvalue weighted by Gasteiger charge is -2.06. The number of rotatable bonds is 5. The molecule has 110 valence electrons. The number of carbonyl (C=O) groups excluding carboxylic acids is 2. The lowest BCUT2D eigenvalue weighted by atomic mass is 10.0. The summed E-state index contributed by atoms with van der Waals surface area (Å²) in [5, 5.41) is 4.87. The summed E-state index contributed by atoms with van der Waals surface area (Å²) in [7, 11) is 0. The highest BCUT2D eigenvalue weighted by Gasteiger charge is 2.09. The first-order valence-corrected chi connectivity index (χ1v) is 7.66. The Bertz CT molecular complexity index is 677. The van der Waals surface area contributed by atoms with Crippen LogP contribution in [0.25, 0.3) is 0 Å². The van der Waals surface area contributed by atoms with Gasteiger partial charge >= 0.3 is 0 Å². The molecule has 0 saturated heterocycles. The Morgan fingerprint density at radius 2 is 2.05 bits per heavy atom. The molecule has 4 nitrogen and oxygen atoms in total. The minimum atomic E-state index is -0.0953. The third-order valence-corrected chi connectivity index (χ3v) is 3.99. The number of aryl methyl sites for hydroxylation is 3. The van der Waals surface area contributed by atoms with Gasteiger partial charge < -0.3 is 5.32 Å². The molecule has 1 N–H and O–H groups in total. The van der Waals surface area contributed by atoms with Gasteiger partial charge in [-0.2, -0.15) is 0 Å². The number of Topliss-reactive ketones (excluding diaryl/α,β-unsaturated/α-hetero) is 1. The van der Waals surface area contributed by atoms with Gasteiger partial charge in [0.2, 0.25) is 5.91 Å². The predicted octanol–water partition coefficient (Wildman–Crippen LogP) is 3.53. The Hall–Kier alpha value is -2.01. The topological polar surface area (TPSA) is 59.1 Å². The van der Waals surface area contributed by atoms with Crippen LogP contribution in [-0.4, -0.2) is 16.7 Å². The van der Waals surface area contributed by atoms with E-state index in [1.807, 2.05) is 0 Å². The molecule has 0 radical (unpaired) electrons. The van der Waals surface area contributed by atoms with Crippen LogP contribution < -0.4 is 5.32 Å². The van der Waals surface area contributed by atoms with E-state index in [2.05, 4.69) is 42.3 Å². The van der Waals surface area contributed by atoms with Gasteiger partial charge in [-0.05, 0) is 31.4 Å². The lowest BCUT2D eigenvalue weighted by Crippen LogP contribution is -2.12. The van der Waals surface area contributed by atoms with Crippen LogP contribution in [0.15, 0.2) is 23.6 Å². The number of anilines is 1. The van der Waals surface area contributed by atoms with Crippen molar-refractivity contribution in [3.8, 4) is 0 Å². The molecule has 0 bridgehead atoms. The van der Waals surface area contributed by atoms with Gasteiger partial charge in [0, 0.05) is 18.7 Å². The van der Waals surface area contributed by atoms with Gasteiger partial charge in [-0.25, -0.2) is 4.98 Å². The molecule has 2 rings (SSSR count). The van der Waals surface area contributed by atoms with Gasteiger partial charge in [0.1, 0.15) is 5.69 Å². The summed E-state index contributed by atoms with van der Waals surface area (Å²) in [4.78, 5) is 27.1. The molecular formula is C16H18N2O2S. The Morgan fingerprint density at radius 3 is 2.67 bits per heavy atom. The molecule has 5 heteroatoms. The maximum Gasteiger partial charge on any atom is 0.226 e. The van der Waals surface area contributed by atoms with Crippen molar-refractivity contribution in [2.75, 3.05) is 5.32 Å². The van der Waals surface area contributed by atoms with Crippen molar-refractivity contribution in [1.29, 1.82) is 0 Å².